The Morgan fingerprint density at radius 1 is 1.29 bits per heavy atom. The van der Waals surface area contributed by atoms with Crippen LogP contribution in [0.1, 0.15) is 72.0 Å². The van der Waals surface area contributed by atoms with E-state index in [1.807, 2.05) is 0 Å². The average Bonchev–Trinajstić information content (AvgIpc) is 2.77. The second-order valence-corrected chi connectivity index (χ2v) is 6.73. The molecule has 0 amide bonds. The minimum atomic E-state index is 0.838. The molecule has 1 atom stereocenters. The zero-order valence-corrected chi connectivity index (χ0v) is 14.9. The second-order valence-electron chi connectivity index (χ2n) is 6.73. The highest BCUT2D eigenvalue weighted by molar-refractivity contribution is 4.92. The number of aryl methyl sites for hydroxylation is 2. The fourth-order valence-corrected chi connectivity index (χ4v) is 2.82. The van der Waals surface area contributed by atoms with Crippen LogP contribution in [0.15, 0.2) is 24.0 Å². The van der Waals surface area contributed by atoms with Gasteiger partial charge in [0.15, 0.2) is 0 Å². The quantitative estimate of drug-likeness (QED) is 0.432. The molecule has 0 fully saturated rings. The maximum atomic E-state index is 2.44. The van der Waals surface area contributed by atoms with Crippen molar-refractivity contribution in [1.29, 1.82) is 0 Å². The third-order valence-electron chi connectivity index (χ3n) is 4.27. The van der Waals surface area contributed by atoms with E-state index >= 15 is 0 Å². The summed E-state index contributed by atoms with van der Waals surface area (Å²) >= 11 is 0. The van der Waals surface area contributed by atoms with Crippen molar-refractivity contribution in [2.75, 3.05) is 0 Å². The first-order valence-electron chi connectivity index (χ1n) is 8.71. The van der Waals surface area contributed by atoms with Crippen LogP contribution in [-0.2, 0) is 20.0 Å². The van der Waals surface area contributed by atoms with Crippen molar-refractivity contribution in [3.05, 3.63) is 29.9 Å². The summed E-state index contributed by atoms with van der Waals surface area (Å²) in [6.45, 7) is 10.2. The van der Waals surface area contributed by atoms with Crippen molar-refractivity contribution in [1.82, 2.24) is 4.57 Å². The minimum Gasteiger partial charge on any atom is -0.237 e. The molecule has 0 saturated carbocycles. The molecule has 0 bridgehead atoms. The van der Waals surface area contributed by atoms with Gasteiger partial charge >= 0.3 is 0 Å². The number of aromatic nitrogens is 2. The van der Waals surface area contributed by atoms with Gasteiger partial charge in [0.1, 0.15) is 12.4 Å². The van der Waals surface area contributed by atoms with Crippen LogP contribution in [0.3, 0.4) is 0 Å². The topological polar surface area (TPSA) is 8.81 Å². The SMILES string of the molecule is CCCCn1cc[n+](C)c1CCCC(C)CCC=C(C)C. The molecule has 0 N–H and O–H groups in total. The van der Waals surface area contributed by atoms with Crippen LogP contribution in [0, 0.1) is 5.92 Å². The third kappa shape index (κ3) is 6.97. The van der Waals surface area contributed by atoms with E-state index < -0.39 is 0 Å². The molecule has 120 valence electrons. The summed E-state index contributed by atoms with van der Waals surface area (Å²) in [6.07, 6.45) is 15.8. The molecule has 1 unspecified atom stereocenters. The maximum absolute atomic E-state index is 2.44. The first-order valence-corrected chi connectivity index (χ1v) is 8.71. The number of hydrogen-bond donors (Lipinski definition) is 0. The normalized spacial score (nSPS) is 12.4. The summed E-state index contributed by atoms with van der Waals surface area (Å²) in [7, 11) is 2.18. The van der Waals surface area contributed by atoms with Gasteiger partial charge in [-0.15, -0.1) is 0 Å². The molecule has 0 saturated heterocycles. The van der Waals surface area contributed by atoms with E-state index in [0.29, 0.717) is 0 Å². The standard InChI is InChI=1S/C19H35N2/c1-6-7-14-21-16-15-20(5)19(21)13-9-12-18(4)11-8-10-17(2)3/h10,15-16,18H,6-9,11-14H2,1-5H3/q+1. The third-order valence-corrected chi connectivity index (χ3v) is 4.27. The Morgan fingerprint density at radius 2 is 2.05 bits per heavy atom. The fraction of sp³-hybridized carbons (Fsp3) is 0.737. The van der Waals surface area contributed by atoms with Crippen LogP contribution in [0.25, 0.3) is 0 Å². The first kappa shape index (κ1) is 18.0. The van der Waals surface area contributed by atoms with Crippen LogP contribution in [-0.4, -0.2) is 4.57 Å². The van der Waals surface area contributed by atoms with Gasteiger partial charge in [-0.2, -0.15) is 0 Å². The summed E-state index contributed by atoms with van der Waals surface area (Å²) in [4.78, 5) is 0. The highest BCUT2D eigenvalue weighted by Crippen LogP contribution is 2.15. The van der Waals surface area contributed by atoms with Gasteiger partial charge in [-0.3, -0.25) is 0 Å². The van der Waals surface area contributed by atoms with Crippen LogP contribution in [0.5, 0.6) is 0 Å². The number of nitrogens with zero attached hydrogens (tertiary/aromatic N) is 2. The maximum Gasteiger partial charge on any atom is 0.256 e. The van der Waals surface area contributed by atoms with Crippen molar-refractivity contribution in [2.24, 2.45) is 13.0 Å². The molecule has 0 radical (unpaired) electrons. The predicted molar refractivity (Wildman–Crippen MR) is 91.3 cm³/mol. The highest BCUT2D eigenvalue weighted by atomic mass is 15.1. The summed E-state index contributed by atoms with van der Waals surface area (Å²) in [5.74, 6) is 2.32. The molecule has 0 aliphatic heterocycles. The number of unbranched alkanes of at least 4 members (excludes halogenated alkanes) is 1. The Morgan fingerprint density at radius 3 is 2.71 bits per heavy atom. The smallest absolute Gasteiger partial charge is 0.237 e. The molecule has 1 heterocycles. The molecule has 0 spiro atoms. The average molecular weight is 292 g/mol. The molecular weight excluding hydrogens is 256 g/mol. The van der Waals surface area contributed by atoms with Crippen LogP contribution < -0.4 is 4.57 Å². The van der Waals surface area contributed by atoms with E-state index in [1.165, 1.54) is 62.9 Å². The second kappa shape index (κ2) is 9.81. The van der Waals surface area contributed by atoms with E-state index in [9.17, 15) is 0 Å². The predicted octanol–water partition coefficient (Wildman–Crippen LogP) is 4.82. The van der Waals surface area contributed by atoms with Gasteiger partial charge in [0.05, 0.1) is 13.6 Å². The van der Waals surface area contributed by atoms with Gasteiger partial charge in [0, 0.05) is 6.42 Å². The molecule has 0 aliphatic rings. The largest absolute Gasteiger partial charge is 0.256 e. The van der Waals surface area contributed by atoms with Crippen molar-refractivity contribution in [3.63, 3.8) is 0 Å². The lowest BCUT2D eigenvalue weighted by Crippen LogP contribution is -2.32. The van der Waals surface area contributed by atoms with E-state index in [0.717, 1.165) is 5.92 Å². The monoisotopic (exact) mass is 291 g/mol. The fourth-order valence-electron chi connectivity index (χ4n) is 2.82. The minimum absolute atomic E-state index is 0.838. The molecule has 0 aliphatic carbocycles. The van der Waals surface area contributed by atoms with Gasteiger partial charge < -0.3 is 0 Å². The van der Waals surface area contributed by atoms with Crippen molar-refractivity contribution < 1.29 is 4.57 Å². The lowest BCUT2D eigenvalue weighted by molar-refractivity contribution is -0.678. The summed E-state index contributed by atoms with van der Waals surface area (Å²) < 4.78 is 4.74. The molecule has 2 heteroatoms. The van der Waals surface area contributed by atoms with Crippen LogP contribution in [0.2, 0.25) is 0 Å². The Bertz CT molecular complexity index is 425. The van der Waals surface area contributed by atoms with Crippen LogP contribution in [0.4, 0.5) is 0 Å². The molecule has 21 heavy (non-hydrogen) atoms. The molecule has 0 aromatic carbocycles. The zero-order chi connectivity index (χ0) is 15.7. The van der Waals surface area contributed by atoms with Crippen molar-refractivity contribution in [3.8, 4) is 0 Å². The van der Waals surface area contributed by atoms with Crippen molar-refractivity contribution >= 4 is 0 Å². The summed E-state index contributed by atoms with van der Waals surface area (Å²) in [5, 5.41) is 0. The molecule has 1 rings (SSSR count). The van der Waals surface area contributed by atoms with E-state index in [1.54, 1.807) is 0 Å². The molecule has 2 nitrogen and oxygen atoms in total. The van der Waals surface area contributed by atoms with Gasteiger partial charge in [0.25, 0.3) is 5.82 Å². The number of imidazole rings is 1. The van der Waals surface area contributed by atoms with Gasteiger partial charge in [0.2, 0.25) is 0 Å². The van der Waals surface area contributed by atoms with Crippen molar-refractivity contribution in [2.45, 2.75) is 79.2 Å². The molecular formula is C19H35N2+. The van der Waals surface area contributed by atoms with Gasteiger partial charge in [-0.1, -0.05) is 38.3 Å². The van der Waals surface area contributed by atoms with Gasteiger partial charge in [-0.05, 0) is 45.4 Å². The molecule has 1 aromatic heterocycles. The van der Waals surface area contributed by atoms with E-state index in [-0.39, 0.29) is 0 Å². The Balaban J connectivity index is 2.34. The van der Waals surface area contributed by atoms with E-state index in [4.69, 9.17) is 0 Å². The number of rotatable bonds is 10. The summed E-state index contributed by atoms with van der Waals surface area (Å²) in [6, 6.07) is 0. The lowest BCUT2D eigenvalue weighted by Gasteiger charge is -2.09. The Hall–Kier alpha value is -1.05. The Kier molecular flexibility index (Phi) is 8.41. The van der Waals surface area contributed by atoms with Crippen LogP contribution >= 0.6 is 0 Å². The first-order chi connectivity index (χ1) is 10.0. The highest BCUT2D eigenvalue weighted by Gasteiger charge is 2.14. The lowest BCUT2D eigenvalue weighted by atomic mass is 9.98. The van der Waals surface area contributed by atoms with E-state index in [2.05, 4.69) is 62.3 Å². The zero-order valence-electron chi connectivity index (χ0n) is 14.9. The van der Waals surface area contributed by atoms with Gasteiger partial charge in [-0.25, -0.2) is 9.13 Å². The number of hydrogen-bond acceptors (Lipinski definition) is 0. The number of allylic oxidation sites excluding steroid dienone is 2. The summed E-state index contributed by atoms with van der Waals surface area (Å²) in [5.41, 5.74) is 1.45. The molecule has 1 aromatic rings. The Labute approximate surface area is 131 Å².